The molecule has 1 atom stereocenters. The minimum Gasteiger partial charge on any atom is -0.497 e. The molecule has 1 aliphatic rings. The zero-order valence-electron chi connectivity index (χ0n) is 13.5. The Bertz CT molecular complexity index is 540. The van der Waals surface area contributed by atoms with Crippen LogP contribution in [0.15, 0.2) is 24.3 Å². The van der Waals surface area contributed by atoms with E-state index in [1.807, 2.05) is 24.3 Å². The van der Waals surface area contributed by atoms with Gasteiger partial charge in [0.2, 0.25) is 11.8 Å². The lowest BCUT2D eigenvalue weighted by Crippen LogP contribution is -2.39. The van der Waals surface area contributed by atoms with Gasteiger partial charge in [-0.1, -0.05) is 19.9 Å². The molecule has 1 aromatic rings. The predicted molar refractivity (Wildman–Crippen MR) is 86.0 cm³/mol. The lowest BCUT2D eigenvalue weighted by molar-refractivity contribution is -0.127. The minimum atomic E-state index is -0.278. The molecule has 2 rings (SSSR count). The third-order valence-electron chi connectivity index (χ3n) is 4.19. The highest BCUT2D eigenvalue weighted by atomic mass is 16.5. The van der Waals surface area contributed by atoms with Gasteiger partial charge in [0.1, 0.15) is 5.75 Å². The zero-order chi connectivity index (χ0) is 16.1. The monoisotopic (exact) mass is 304 g/mol. The van der Waals surface area contributed by atoms with Gasteiger partial charge in [-0.2, -0.15) is 0 Å². The molecule has 1 fully saturated rings. The molecule has 5 nitrogen and oxygen atoms in total. The number of benzene rings is 1. The number of nitrogens with zero attached hydrogens (tertiary/aromatic N) is 1. The maximum absolute atomic E-state index is 12.3. The summed E-state index contributed by atoms with van der Waals surface area (Å²) in [7, 11) is 1.59. The van der Waals surface area contributed by atoms with E-state index in [0.717, 1.165) is 18.5 Å². The van der Waals surface area contributed by atoms with E-state index >= 15 is 0 Å². The summed E-state index contributed by atoms with van der Waals surface area (Å²) in [5.74, 6) is 0.389. The number of anilines is 1. The van der Waals surface area contributed by atoms with Crippen LogP contribution in [0.3, 0.4) is 0 Å². The number of methoxy groups -OCH3 is 1. The molecule has 0 spiro atoms. The second-order valence-corrected chi connectivity index (χ2v) is 5.63. The van der Waals surface area contributed by atoms with Gasteiger partial charge < -0.3 is 15.0 Å². The van der Waals surface area contributed by atoms with Gasteiger partial charge in [-0.15, -0.1) is 0 Å². The van der Waals surface area contributed by atoms with Crippen LogP contribution in [0.4, 0.5) is 5.69 Å². The van der Waals surface area contributed by atoms with Crippen molar-refractivity contribution in [3.8, 4) is 5.75 Å². The molecule has 1 heterocycles. The maximum Gasteiger partial charge on any atom is 0.227 e. The van der Waals surface area contributed by atoms with E-state index < -0.39 is 0 Å². The van der Waals surface area contributed by atoms with E-state index in [9.17, 15) is 9.59 Å². The Hall–Kier alpha value is -2.04. The summed E-state index contributed by atoms with van der Waals surface area (Å²) in [5.41, 5.74) is 0.780. The minimum absolute atomic E-state index is 0.0158. The highest BCUT2D eigenvalue weighted by Gasteiger charge is 2.35. The molecule has 0 bridgehead atoms. The maximum atomic E-state index is 12.3. The summed E-state index contributed by atoms with van der Waals surface area (Å²) in [4.78, 5) is 26.2. The van der Waals surface area contributed by atoms with E-state index in [2.05, 4.69) is 19.2 Å². The number of hydrogen-bond donors (Lipinski definition) is 1. The largest absolute Gasteiger partial charge is 0.497 e. The highest BCUT2D eigenvalue weighted by molar-refractivity contribution is 6.00. The van der Waals surface area contributed by atoms with Gasteiger partial charge >= 0.3 is 0 Å². The SMILES string of the molecule is CCC(CC)NC(=O)C1CC(=O)N(c2cccc(OC)c2)C1. The van der Waals surface area contributed by atoms with Crippen molar-refractivity contribution in [1.29, 1.82) is 0 Å². The first-order valence-electron chi connectivity index (χ1n) is 7.83. The van der Waals surface area contributed by atoms with Crippen LogP contribution in [-0.4, -0.2) is 31.5 Å². The van der Waals surface area contributed by atoms with Crippen LogP contribution in [0.2, 0.25) is 0 Å². The molecule has 1 N–H and O–H groups in total. The molecule has 0 radical (unpaired) electrons. The predicted octanol–water partition coefficient (Wildman–Crippen LogP) is 2.35. The van der Waals surface area contributed by atoms with Gasteiger partial charge in [0.15, 0.2) is 0 Å². The summed E-state index contributed by atoms with van der Waals surface area (Å²) in [5, 5.41) is 3.03. The van der Waals surface area contributed by atoms with Gasteiger partial charge in [-0.05, 0) is 25.0 Å². The quantitative estimate of drug-likeness (QED) is 0.877. The Balaban J connectivity index is 2.05. The highest BCUT2D eigenvalue weighted by Crippen LogP contribution is 2.28. The summed E-state index contributed by atoms with van der Waals surface area (Å²) in [6, 6.07) is 7.55. The Morgan fingerprint density at radius 2 is 2.14 bits per heavy atom. The molecule has 2 amide bonds. The van der Waals surface area contributed by atoms with Crippen molar-refractivity contribution >= 4 is 17.5 Å². The molecule has 1 saturated heterocycles. The van der Waals surface area contributed by atoms with Crippen molar-refractivity contribution in [2.75, 3.05) is 18.6 Å². The summed E-state index contributed by atoms with van der Waals surface area (Å²) < 4.78 is 5.19. The fourth-order valence-electron chi connectivity index (χ4n) is 2.72. The van der Waals surface area contributed by atoms with Gasteiger partial charge in [-0.3, -0.25) is 9.59 Å². The van der Waals surface area contributed by atoms with Crippen LogP contribution < -0.4 is 15.0 Å². The van der Waals surface area contributed by atoms with Gasteiger partial charge in [0.05, 0.1) is 13.0 Å². The number of carbonyl (C=O) groups excluding carboxylic acids is 2. The smallest absolute Gasteiger partial charge is 0.227 e. The Morgan fingerprint density at radius 1 is 1.41 bits per heavy atom. The number of nitrogens with one attached hydrogen (secondary N) is 1. The summed E-state index contributed by atoms with van der Waals surface area (Å²) >= 11 is 0. The lowest BCUT2D eigenvalue weighted by Gasteiger charge is -2.19. The number of ether oxygens (including phenoxy) is 1. The first kappa shape index (κ1) is 16.3. The number of hydrogen-bond acceptors (Lipinski definition) is 3. The van der Waals surface area contributed by atoms with Crippen LogP contribution in [0.25, 0.3) is 0 Å². The van der Waals surface area contributed by atoms with Crippen LogP contribution in [0.1, 0.15) is 33.1 Å². The van der Waals surface area contributed by atoms with E-state index in [-0.39, 0.29) is 30.2 Å². The van der Waals surface area contributed by atoms with Crippen molar-refractivity contribution < 1.29 is 14.3 Å². The Morgan fingerprint density at radius 3 is 2.77 bits per heavy atom. The molecule has 120 valence electrons. The summed E-state index contributed by atoms with van der Waals surface area (Å²) in [6.45, 7) is 4.53. The Kier molecular flexibility index (Phi) is 5.41. The molecule has 0 saturated carbocycles. The normalized spacial score (nSPS) is 17.9. The van der Waals surface area contributed by atoms with Gasteiger partial charge in [0, 0.05) is 30.8 Å². The molecule has 0 aromatic heterocycles. The molecule has 5 heteroatoms. The van der Waals surface area contributed by atoms with Gasteiger partial charge in [-0.25, -0.2) is 0 Å². The van der Waals surface area contributed by atoms with E-state index in [4.69, 9.17) is 4.74 Å². The van der Waals surface area contributed by atoms with E-state index in [1.165, 1.54) is 0 Å². The first-order valence-corrected chi connectivity index (χ1v) is 7.83. The van der Waals surface area contributed by atoms with Crippen molar-refractivity contribution in [3.63, 3.8) is 0 Å². The van der Waals surface area contributed by atoms with Crippen molar-refractivity contribution in [2.24, 2.45) is 5.92 Å². The molecular weight excluding hydrogens is 280 g/mol. The molecule has 22 heavy (non-hydrogen) atoms. The molecule has 1 aromatic carbocycles. The van der Waals surface area contributed by atoms with Crippen molar-refractivity contribution in [1.82, 2.24) is 5.32 Å². The second-order valence-electron chi connectivity index (χ2n) is 5.63. The number of amides is 2. The third-order valence-corrected chi connectivity index (χ3v) is 4.19. The van der Waals surface area contributed by atoms with Crippen LogP contribution >= 0.6 is 0 Å². The lowest BCUT2D eigenvalue weighted by atomic mass is 10.1. The van der Waals surface area contributed by atoms with E-state index in [0.29, 0.717) is 12.3 Å². The first-order chi connectivity index (χ1) is 10.6. The standard InChI is InChI=1S/C17H24N2O3/c1-4-13(5-2)18-17(21)12-9-16(20)19(11-12)14-7-6-8-15(10-14)22-3/h6-8,10,12-13H,4-5,9,11H2,1-3H3,(H,18,21). The van der Waals surface area contributed by atoms with Crippen molar-refractivity contribution in [3.05, 3.63) is 24.3 Å². The third kappa shape index (κ3) is 3.59. The molecule has 1 aliphatic heterocycles. The molecule has 0 aliphatic carbocycles. The summed E-state index contributed by atoms with van der Waals surface area (Å²) in [6.07, 6.45) is 2.08. The molecular formula is C17H24N2O3. The van der Waals surface area contributed by atoms with Crippen molar-refractivity contribution in [2.45, 2.75) is 39.2 Å². The fraction of sp³-hybridized carbons (Fsp3) is 0.529. The van der Waals surface area contributed by atoms with Gasteiger partial charge in [0.25, 0.3) is 0 Å². The van der Waals surface area contributed by atoms with Crippen LogP contribution in [-0.2, 0) is 9.59 Å². The Labute approximate surface area is 131 Å². The number of carbonyl (C=O) groups is 2. The molecule has 1 unspecified atom stereocenters. The fourth-order valence-corrected chi connectivity index (χ4v) is 2.72. The van der Waals surface area contributed by atoms with E-state index in [1.54, 1.807) is 12.0 Å². The van der Waals surface area contributed by atoms with Crippen LogP contribution in [0, 0.1) is 5.92 Å². The number of rotatable bonds is 6. The average molecular weight is 304 g/mol. The second kappa shape index (κ2) is 7.29. The zero-order valence-corrected chi connectivity index (χ0v) is 13.5. The van der Waals surface area contributed by atoms with Crippen LogP contribution in [0.5, 0.6) is 5.75 Å². The average Bonchev–Trinajstić information content (AvgIpc) is 2.94. The topological polar surface area (TPSA) is 58.6 Å².